The highest BCUT2D eigenvalue weighted by atomic mass is 35.5. The van der Waals surface area contributed by atoms with E-state index >= 15 is 0 Å². The molecule has 1 saturated heterocycles. The van der Waals surface area contributed by atoms with Crippen molar-refractivity contribution in [2.75, 3.05) is 57.3 Å². The minimum Gasteiger partial charge on any atom is -0.464 e. The fourth-order valence-electron chi connectivity index (χ4n) is 4.22. The van der Waals surface area contributed by atoms with Gasteiger partial charge in [0.15, 0.2) is 0 Å². The van der Waals surface area contributed by atoms with Gasteiger partial charge in [-0.3, -0.25) is 9.69 Å². The minimum absolute atomic E-state index is 0.123. The highest BCUT2D eigenvalue weighted by Crippen LogP contribution is 2.48. The molecule has 7 heteroatoms. The number of rotatable bonds is 7. The van der Waals surface area contributed by atoms with Crippen molar-refractivity contribution in [3.63, 3.8) is 0 Å². The summed E-state index contributed by atoms with van der Waals surface area (Å²) < 4.78 is 5.42. The van der Waals surface area contributed by atoms with Gasteiger partial charge in [-0.25, -0.2) is 0 Å². The van der Waals surface area contributed by atoms with Crippen LogP contribution in [0.5, 0.6) is 0 Å². The third kappa shape index (κ3) is 6.24. The fraction of sp³-hybridized carbons (Fsp3) is 0.500. The van der Waals surface area contributed by atoms with Crippen molar-refractivity contribution in [3.05, 3.63) is 47.5 Å². The summed E-state index contributed by atoms with van der Waals surface area (Å²) >= 11 is 8.16. The number of fused-ring (bicyclic) bond motifs is 2. The number of carbonyl (C=O) groups is 1. The van der Waals surface area contributed by atoms with Crippen molar-refractivity contribution in [1.29, 1.82) is 0 Å². The fourth-order valence-corrected chi connectivity index (χ4v) is 5.46. The maximum atomic E-state index is 11.9. The van der Waals surface area contributed by atoms with Crippen LogP contribution in [0.25, 0.3) is 0 Å². The van der Waals surface area contributed by atoms with Crippen LogP contribution in [0.1, 0.15) is 27.2 Å². The summed E-state index contributed by atoms with van der Waals surface area (Å²) in [4.78, 5) is 21.8. The zero-order chi connectivity index (χ0) is 23.4. The third-order valence-electron chi connectivity index (χ3n) is 6.16. The normalized spacial score (nSPS) is 16.9. The van der Waals surface area contributed by atoms with E-state index in [4.69, 9.17) is 16.3 Å². The molecule has 2 aromatic rings. The molecule has 0 spiro atoms. The lowest BCUT2D eigenvalue weighted by atomic mass is 9.97. The summed E-state index contributed by atoms with van der Waals surface area (Å²) in [7, 11) is 0. The van der Waals surface area contributed by atoms with Gasteiger partial charge < -0.3 is 14.5 Å². The Morgan fingerprint density at radius 2 is 1.61 bits per heavy atom. The number of para-hydroxylation sites is 1. The molecule has 0 bridgehead atoms. The quantitative estimate of drug-likeness (QED) is 0.477. The topological polar surface area (TPSA) is 36.0 Å². The summed E-state index contributed by atoms with van der Waals surface area (Å²) in [5.74, 6) is -0.123. The Balaban J connectivity index is 1.25. The van der Waals surface area contributed by atoms with Gasteiger partial charge in [-0.1, -0.05) is 35.5 Å². The molecule has 0 amide bonds. The van der Waals surface area contributed by atoms with E-state index in [0.29, 0.717) is 6.61 Å². The summed E-state index contributed by atoms with van der Waals surface area (Å²) in [6.07, 6.45) is 1.09. The zero-order valence-corrected chi connectivity index (χ0v) is 21.4. The summed E-state index contributed by atoms with van der Waals surface area (Å²) in [6, 6.07) is 14.8. The Morgan fingerprint density at radius 1 is 0.939 bits per heavy atom. The molecule has 2 aromatic carbocycles. The molecule has 4 rings (SSSR count). The molecule has 0 atom stereocenters. The summed E-state index contributed by atoms with van der Waals surface area (Å²) in [6.45, 7) is 13.2. The van der Waals surface area contributed by atoms with E-state index in [1.54, 1.807) is 0 Å². The van der Waals surface area contributed by atoms with E-state index < -0.39 is 5.41 Å². The van der Waals surface area contributed by atoms with Gasteiger partial charge in [0.1, 0.15) is 6.61 Å². The highest BCUT2D eigenvalue weighted by Gasteiger charge is 2.25. The molecular formula is C26H34ClN3O2S. The first-order chi connectivity index (χ1) is 15.8. The van der Waals surface area contributed by atoms with Crippen LogP contribution in [-0.4, -0.2) is 68.2 Å². The molecule has 0 aliphatic carbocycles. The minimum atomic E-state index is -0.432. The summed E-state index contributed by atoms with van der Waals surface area (Å²) in [5, 5.41) is 0.781. The maximum Gasteiger partial charge on any atom is 0.311 e. The van der Waals surface area contributed by atoms with Crippen LogP contribution in [0.3, 0.4) is 0 Å². The molecule has 0 saturated carbocycles. The van der Waals surface area contributed by atoms with E-state index in [9.17, 15) is 4.79 Å². The third-order valence-corrected chi connectivity index (χ3v) is 7.53. The molecule has 0 unspecified atom stereocenters. The van der Waals surface area contributed by atoms with Gasteiger partial charge in [0.05, 0.1) is 16.8 Å². The maximum absolute atomic E-state index is 11.9. The first-order valence-electron chi connectivity index (χ1n) is 11.8. The number of hydrogen-bond donors (Lipinski definition) is 0. The molecule has 178 valence electrons. The number of benzene rings is 2. The molecule has 0 radical (unpaired) electrons. The number of piperazine rings is 1. The van der Waals surface area contributed by atoms with Crippen LogP contribution in [0.15, 0.2) is 52.3 Å². The molecule has 33 heavy (non-hydrogen) atoms. The monoisotopic (exact) mass is 487 g/mol. The number of halogens is 1. The van der Waals surface area contributed by atoms with Crippen molar-refractivity contribution < 1.29 is 9.53 Å². The number of esters is 1. The van der Waals surface area contributed by atoms with Gasteiger partial charge in [0.25, 0.3) is 0 Å². The number of ether oxygens (including phenoxy) is 1. The first kappa shape index (κ1) is 24.4. The van der Waals surface area contributed by atoms with Crippen LogP contribution >= 0.6 is 23.4 Å². The number of hydrogen-bond acceptors (Lipinski definition) is 6. The van der Waals surface area contributed by atoms with E-state index in [1.807, 2.05) is 38.6 Å². The van der Waals surface area contributed by atoms with Crippen molar-refractivity contribution >= 4 is 40.7 Å². The van der Waals surface area contributed by atoms with E-state index in [2.05, 4.69) is 51.1 Å². The lowest BCUT2D eigenvalue weighted by Gasteiger charge is -2.36. The standard InChI is InChI=1S/C26H34ClN3O2S/c1-26(2,3)25(31)32-18-17-29-15-13-28(14-16-29)11-6-12-30-21-7-4-5-8-23(21)33-24-10-9-20(27)19-22(24)30/h4-5,7-10,19H,6,11-18H2,1-3H3. The molecule has 1 fully saturated rings. The average molecular weight is 488 g/mol. The SMILES string of the molecule is CC(C)(C)C(=O)OCCN1CCN(CCCN2c3ccccc3Sc3ccc(Cl)cc32)CC1. The van der Waals surface area contributed by atoms with Gasteiger partial charge in [0.2, 0.25) is 0 Å². The second-order valence-corrected chi connectivity index (χ2v) is 11.3. The van der Waals surface area contributed by atoms with Gasteiger partial charge in [-0.05, 0) is 64.1 Å². The predicted molar refractivity (Wildman–Crippen MR) is 137 cm³/mol. The summed E-state index contributed by atoms with van der Waals surface area (Å²) in [5.41, 5.74) is 2.05. The molecule has 2 heterocycles. The van der Waals surface area contributed by atoms with Crippen LogP contribution < -0.4 is 4.90 Å². The van der Waals surface area contributed by atoms with Crippen molar-refractivity contribution in [1.82, 2.24) is 9.80 Å². The van der Waals surface area contributed by atoms with Crippen LogP contribution in [0.2, 0.25) is 5.02 Å². The smallest absolute Gasteiger partial charge is 0.311 e. The zero-order valence-electron chi connectivity index (χ0n) is 19.8. The van der Waals surface area contributed by atoms with Crippen LogP contribution in [0.4, 0.5) is 11.4 Å². The molecule has 0 N–H and O–H groups in total. The number of carbonyl (C=O) groups excluding carboxylic acids is 1. The Morgan fingerprint density at radius 3 is 2.33 bits per heavy atom. The van der Waals surface area contributed by atoms with Crippen molar-refractivity contribution in [2.24, 2.45) is 5.41 Å². The lowest BCUT2D eigenvalue weighted by Crippen LogP contribution is -2.48. The Hall–Kier alpha value is -1.73. The van der Waals surface area contributed by atoms with Crippen molar-refractivity contribution in [2.45, 2.75) is 37.0 Å². The van der Waals surface area contributed by atoms with E-state index in [-0.39, 0.29) is 5.97 Å². The van der Waals surface area contributed by atoms with Crippen LogP contribution in [-0.2, 0) is 9.53 Å². The number of anilines is 2. The Bertz CT molecular complexity index is 970. The van der Waals surface area contributed by atoms with E-state index in [0.717, 1.165) is 57.3 Å². The first-order valence-corrected chi connectivity index (χ1v) is 13.0. The predicted octanol–water partition coefficient (Wildman–Crippen LogP) is 5.54. The Labute approximate surface area is 207 Å². The highest BCUT2D eigenvalue weighted by molar-refractivity contribution is 7.99. The number of nitrogens with zero attached hydrogens (tertiary/aromatic N) is 3. The van der Waals surface area contributed by atoms with Crippen LogP contribution in [0, 0.1) is 5.41 Å². The Kier molecular flexibility index (Phi) is 7.90. The second-order valence-electron chi connectivity index (χ2n) is 9.76. The molecular weight excluding hydrogens is 454 g/mol. The van der Waals surface area contributed by atoms with Crippen molar-refractivity contribution in [3.8, 4) is 0 Å². The van der Waals surface area contributed by atoms with Gasteiger partial charge >= 0.3 is 5.97 Å². The van der Waals surface area contributed by atoms with Gasteiger partial charge in [-0.2, -0.15) is 0 Å². The van der Waals surface area contributed by atoms with Gasteiger partial charge in [-0.15, -0.1) is 0 Å². The van der Waals surface area contributed by atoms with E-state index in [1.165, 1.54) is 21.2 Å². The lowest BCUT2D eigenvalue weighted by molar-refractivity contribution is -0.153. The molecule has 2 aliphatic heterocycles. The van der Waals surface area contributed by atoms with Gasteiger partial charge in [0, 0.05) is 54.1 Å². The second kappa shape index (κ2) is 10.7. The largest absolute Gasteiger partial charge is 0.464 e. The molecule has 5 nitrogen and oxygen atoms in total. The molecule has 2 aliphatic rings. The molecule has 0 aromatic heterocycles. The average Bonchev–Trinajstić information content (AvgIpc) is 2.79.